The first-order chi connectivity index (χ1) is 9.61. The number of hydrogen-bond acceptors (Lipinski definition) is 0. The Bertz CT molecular complexity index is 415. The Balaban J connectivity index is 2.67. The molecule has 0 bridgehead atoms. The topological polar surface area (TPSA) is 0 Å². The van der Waals surface area contributed by atoms with Crippen molar-refractivity contribution >= 4 is 0 Å². The Kier molecular flexibility index (Phi) is 8.02. The first-order valence-electron chi connectivity index (χ1n) is 7.95. The first-order valence-corrected chi connectivity index (χ1v) is 7.95. The largest absolute Gasteiger partial charge is 0.0917 e. The van der Waals surface area contributed by atoms with Crippen LogP contribution in [0.1, 0.15) is 53.4 Å². The van der Waals surface area contributed by atoms with E-state index in [9.17, 15) is 0 Å². The molecule has 0 fully saturated rings. The van der Waals surface area contributed by atoms with Gasteiger partial charge in [0.1, 0.15) is 0 Å². The van der Waals surface area contributed by atoms with Crippen molar-refractivity contribution in [1.29, 1.82) is 0 Å². The van der Waals surface area contributed by atoms with E-state index in [2.05, 4.69) is 76.3 Å². The van der Waals surface area contributed by atoms with Gasteiger partial charge in [0.2, 0.25) is 0 Å². The summed E-state index contributed by atoms with van der Waals surface area (Å²) in [6.07, 6.45) is 22.9. The molecule has 0 spiro atoms. The summed E-state index contributed by atoms with van der Waals surface area (Å²) in [7, 11) is 0. The summed E-state index contributed by atoms with van der Waals surface area (Å²) in [5.74, 6) is 1.39. The highest BCUT2D eigenvalue weighted by molar-refractivity contribution is 5.32. The van der Waals surface area contributed by atoms with Crippen LogP contribution in [0.3, 0.4) is 0 Å². The molecule has 110 valence electrons. The maximum atomic E-state index is 2.35. The summed E-state index contributed by atoms with van der Waals surface area (Å²) < 4.78 is 0. The molecule has 0 N–H and O–H groups in total. The minimum atomic E-state index is 0.627. The third kappa shape index (κ3) is 7.33. The molecule has 1 aliphatic rings. The summed E-state index contributed by atoms with van der Waals surface area (Å²) in [5.41, 5.74) is 2.81. The molecule has 1 unspecified atom stereocenters. The van der Waals surface area contributed by atoms with E-state index < -0.39 is 0 Å². The number of rotatable bonds is 5. The van der Waals surface area contributed by atoms with E-state index in [-0.39, 0.29) is 0 Å². The van der Waals surface area contributed by atoms with E-state index in [1.54, 1.807) is 0 Å². The maximum absolute atomic E-state index is 2.35. The van der Waals surface area contributed by atoms with E-state index in [0.717, 1.165) is 12.3 Å². The molecular weight excluding hydrogens is 240 g/mol. The van der Waals surface area contributed by atoms with Crippen molar-refractivity contribution in [2.45, 2.75) is 53.4 Å². The lowest BCUT2D eigenvalue weighted by Crippen LogP contribution is -1.95. The van der Waals surface area contributed by atoms with Gasteiger partial charge in [0, 0.05) is 0 Å². The highest BCUT2D eigenvalue weighted by Gasteiger charge is 2.03. The smallest absolute Gasteiger partial charge is 0.0224 e. The number of hydrogen-bond donors (Lipinski definition) is 0. The van der Waals surface area contributed by atoms with Crippen LogP contribution in [0.25, 0.3) is 0 Å². The van der Waals surface area contributed by atoms with Crippen LogP contribution in [0.15, 0.2) is 59.8 Å². The summed E-state index contributed by atoms with van der Waals surface area (Å²) in [4.78, 5) is 0. The van der Waals surface area contributed by atoms with Gasteiger partial charge in [-0.25, -0.2) is 0 Å². The third-order valence-electron chi connectivity index (χ3n) is 3.75. The molecule has 0 radical (unpaired) electrons. The monoisotopic (exact) mass is 270 g/mol. The number of allylic oxidation sites excluding steroid dienone is 10. The second-order valence-corrected chi connectivity index (χ2v) is 6.08. The second kappa shape index (κ2) is 9.58. The van der Waals surface area contributed by atoms with Crippen molar-refractivity contribution in [1.82, 2.24) is 0 Å². The summed E-state index contributed by atoms with van der Waals surface area (Å²) >= 11 is 0. The molecule has 0 saturated carbocycles. The van der Waals surface area contributed by atoms with Gasteiger partial charge in [-0.2, -0.15) is 0 Å². The highest BCUT2D eigenvalue weighted by Crippen LogP contribution is 2.20. The normalized spacial score (nSPS) is 21.7. The quantitative estimate of drug-likeness (QED) is 0.507. The van der Waals surface area contributed by atoms with E-state index in [1.807, 2.05) is 0 Å². The van der Waals surface area contributed by atoms with Gasteiger partial charge in [-0.3, -0.25) is 0 Å². The SMILES string of the molecule is C/C=C\C[C@H](C)CCC1=CC(C)=CC=CCC(C)C=C1. The lowest BCUT2D eigenvalue weighted by molar-refractivity contribution is 0.541. The zero-order valence-electron chi connectivity index (χ0n) is 13.6. The Hall–Kier alpha value is -1.30. The van der Waals surface area contributed by atoms with Gasteiger partial charge >= 0.3 is 0 Å². The van der Waals surface area contributed by atoms with Crippen LogP contribution in [0.2, 0.25) is 0 Å². The van der Waals surface area contributed by atoms with Gasteiger partial charge in [0.05, 0.1) is 0 Å². The van der Waals surface area contributed by atoms with Crippen molar-refractivity contribution in [2.75, 3.05) is 0 Å². The third-order valence-corrected chi connectivity index (χ3v) is 3.75. The lowest BCUT2D eigenvalue weighted by Gasteiger charge is -2.11. The molecule has 0 aromatic rings. The Morgan fingerprint density at radius 1 is 1.40 bits per heavy atom. The van der Waals surface area contributed by atoms with E-state index in [1.165, 1.54) is 30.4 Å². The fourth-order valence-electron chi connectivity index (χ4n) is 2.32. The van der Waals surface area contributed by atoms with Crippen LogP contribution in [0.5, 0.6) is 0 Å². The van der Waals surface area contributed by atoms with Crippen molar-refractivity contribution in [2.24, 2.45) is 11.8 Å². The fraction of sp³-hybridized carbons (Fsp3) is 0.500. The van der Waals surface area contributed by atoms with Gasteiger partial charge in [0.25, 0.3) is 0 Å². The van der Waals surface area contributed by atoms with Crippen LogP contribution < -0.4 is 0 Å². The Morgan fingerprint density at radius 3 is 2.95 bits per heavy atom. The summed E-state index contributed by atoms with van der Waals surface area (Å²) in [5, 5.41) is 0. The Morgan fingerprint density at radius 2 is 2.20 bits per heavy atom. The molecule has 0 aliphatic heterocycles. The molecule has 0 aromatic carbocycles. The van der Waals surface area contributed by atoms with Gasteiger partial charge in [-0.15, -0.1) is 0 Å². The minimum absolute atomic E-state index is 0.627. The van der Waals surface area contributed by atoms with Crippen molar-refractivity contribution in [3.63, 3.8) is 0 Å². The predicted molar refractivity (Wildman–Crippen MR) is 91.7 cm³/mol. The molecular formula is C20H30. The molecule has 0 aromatic heterocycles. The molecule has 1 aliphatic carbocycles. The first kappa shape index (κ1) is 16.8. The molecule has 0 heteroatoms. The zero-order valence-corrected chi connectivity index (χ0v) is 13.6. The molecule has 0 saturated heterocycles. The standard InChI is InChI=1S/C20H30/c1-5-6-9-17(2)12-14-20-15-13-18(3)10-7-8-11-19(4)16-20/h5-8,11,13,15-18H,9-10,12,14H2,1-4H3/b6-5-,8-7?,15-13?,19-11?,20-16?/t17-,18?/m0/s1. The average Bonchev–Trinajstić information content (AvgIpc) is 2.43. The van der Waals surface area contributed by atoms with Crippen LogP contribution in [-0.4, -0.2) is 0 Å². The van der Waals surface area contributed by atoms with Gasteiger partial charge in [-0.05, 0) is 56.9 Å². The average molecular weight is 270 g/mol. The predicted octanol–water partition coefficient (Wildman–Crippen LogP) is 6.39. The van der Waals surface area contributed by atoms with Crippen molar-refractivity contribution < 1.29 is 0 Å². The lowest BCUT2D eigenvalue weighted by atomic mass is 9.95. The van der Waals surface area contributed by atoms with Crippen LogP contribution in [0.4, 0.5) is 0 Å². The van der Waals surface area contributed by atoms with E-state index in [0.29, 0.717) is 5.92 Å². The highest BCUT2D eigenvalue weighted by atomic mass is 14.1. The molecule has 0 nitrogen and oxygen atoms in total. The van der Waals surface area contributed by atoms with Gasteiger partial charge in [0.15, 0.2) is 0 Å². The summed E-state index contributed by atoms with van der Waals surface area (Å²) in [6, 6.07) is 0. The van der Waals surface area contributed by atoms with Crippen LogP contribution in [0, 0.1) is 11.8 Å². The Labute approximate surface area is 125 Å². The maximum Gasteiger partial charge on any atom is -0.0224 e. The van der Waals surface area contributed by atoms with E-state index >= 15 is 0 Å². The fourth-order valence-corrected chi connectivity index (χ4v) is 2.32. The zero-order chi connectivity index (χ0) is 14.8. The van der Waals surface area contributed by atoms with Gasteiger partial charge in [-0.1, -0.05) is 68.0 Å². The molecule has 1 rings (SSSR count). The van der Waals surface area contributed by atoms with Crippen LogP contribution >= 0.6 is 0 Å². The van der Waals surface area contributed by atoms with Crippen LogP contribution in [-0.2, 0) is 0 Å². The van der Waals surface area contributed by atoms with E-state index in [4.69, 9.17) is 0 Å². The molecule has 20 heavy (non-hydrogen) atoms. The summed E-state index contributed by atoms with van der Waals surface area (Å²) in [6.45, 7) is 8.92. The molecule has 0 amide bonds. The van der Waals surface area contributed by atoms with Crippen molar-refractivity contribution in [3.05, 3.63) is 59.8 Å². The van der Waals surface area contributed by atoms with Gasteiger partial charge < -0.3 is 0 Å². The minimum Gasteiger partial charge on any atom is -0.0917 e. The molecule has 0 heterocycles. The second-order valence-electron chi connectivity index (χ2n) is 6.08. The molecule has 2 atom stereocenters. The van der Waals surface area contributed by atoms with Crippen molar-refractivity contribution in [3.8, 4) is 0 Å².